The number of aliphatic carboxylic acids is 1. The van der Waals surface area contributed by atoms with Crippen molar-refractivity contribution in [2.45, 2.75) is 18.9 Å². The number of carboxylic acid groups (broad SMARTS) is 1. The first-order valence-corrected chi connectivity index (χ1v) is 5.98. The lowest BCUT2D eigenvalue weighted by Gasteiger charge is -2.12. The number of hydrogen-bond acceptors (Lipinski definition) is 5. The molecule has 0 heterocycles. The second-order valence-corrected chi connectivity index (χ2v) is 4.64. The van der Waals surface area contributed by atoms with Gasteiger partial charge in [-0.05, 0) is 6.42 Å². The summed E-state index contributed by atoms with van der Waals surface area (Å²) >= 11 is 0. The molecule has 0 bridgehead atoms. The van der Waals surface area contributed by atoms with E-state index in [1.54, 1.807) is 0 Å². The van der Waals surface area contributed by atoms with Gasteiger partial charge >= 0.3 is 5.97 Å². The van der Waals surface area contributed by atoms with Gasteiger partial charge in [-0.1, -0.05) is 0 Å². The molecular weight excluding hydrogens is 256 g/mol. The summed E-state index contributed by atoms with van der Waals surface area (Å²) in [5, 5.41) is 10.5. The summed E-state index contributed by atoms with van der Waals surface area (Å²) in [7, 11) is -4.52. The molecule has 0 aromatic rings. The Bertz CT molecular complexity index is 416. The number of rotatable bonds is 7. The third kappa shape index (κ3) is 8.16. The molecule has 0 spiro atoms. The predicted molar refractivity (Wildman–Crippen MR) is 54.4 cm³/mol. The summed E-state index contributed by atoms with van der Waals surface area (Å²) < 4.78 is 29.0. The summed E-state index contributed by atoms with van der Waals surface area (Å²) in [4.78, 5) is 32.0. The highest BCUT2D eigenvalue weighted by Gasteiger charge is 2.22. The van der Waals surface area contributed by atoms with Crippen molar-refractivity contribution in [3.05, 3.63) is 0 Å². The van der Waals surface area contributed by atoms with Crippen LogP contribution in [0.2, 0.25) is 0 Å². The van der Waals surface area contributed by atoms with Crippen LogP contribution >= 0.6 is 0 Å². The van der Waals surface area contributed by atoms with Crippen LogP contribution in [-0.2, 0) is 24.5 Å². The zero-order valence-corrected chi connectivity index (χ0v) is 9.44. The first-order valence-electron chi connectivity index (χ1n) is 4.37. The molecule has 17 heavy (non-hydrogen) atoms. The van der Waals surface area contributed by atoms with Crippen molar-refractivity contribution < 1.29 is 32.5 Å². The average molecular weight is 268 g/mol. The van der Waals surface area contributed by atoms with Crippen molar-refractivity contribution in [2.24, 2.45) is 5.73 Å². The van der Waals surface area contributed by atoms with Gasteiger partial charge in [0.05, 0.1) is 0 Å². The van der Waals surface area contributed by atoms with Crippen molar-refractivity contribution in [1.82, 2.24) is 5.32 Å². The van der Waals surface area contributed by atoms with Gasteiger partial charge in [0, 0.05) is 6.42 Å². The van der Waals surface area contributed by atoms with Crippen LogP contribution in [0.25, 0.3) is 0 Å². The molecule has 1 atom stereocenters. The Hall–Kier alpha value is -1.68. The minimum atomic E-state index is -4.52. The van der Waals surface area contributed by atoms with Crippen molar-refractivity contribution in [1.29, 1.82) is 0 Å². The van der Waals surface area contributed by atoms with Gasteiger partial charge in [0.25, 0.3) is 10.1 Å². The van der Waals surface area contributed by atoms with Gasteiger partial charge in [0.1, 0.15) is 6.04 Å². The van der Waals surface area contributed by atoms with E-state index in [2.05, 4.69) is 0 Å². The number of hydrogen-bond donors (Lipinski definition) is 4. The van der Waals surface area contributed by atoms with Crippen LogP contribution in [0.5, 0.6) is 0 Å². The Morgan fingerprint density at radius 1 is 1.29 bits per heavy atom. The Kier molecular flexibility index (Phi) is 5.55. The third-order valence-electron chi connectivity index (χ3n) is 1.63. The smallest absolute Gasteiger partial charge is 0.326 e. The van der Waals surface area contributed by atoms with E-state index in [-0.39, 0.29) is 12.8 Å². The number of nitrogens with one attached hydrogen (secondary N) is 1. The molecule has 0 aliphatic heterocycles. The monoisotopic (exact) mass is 268 g/mol. The molecule has 0 aromatic carbocycles. The first kappa shape index (κ1) is 15.3. The zero-order valence-electron chi connectivity index (χ0n) is 8.62. The maximum Gasteiger partial charge on any atom is 0.326 e. The van der Waals surface area contributed by atoms with Gasteiger partial charge in [-0.15, -0.1) is 0 Å². The molecule has 0 fully saturated rings. The predicted octanol–water partition coefficient (Wildman–Crippen LogP) is -2.29. The van der Waals surface area contributed by atoms with E-state index in [4.69, 9.17) is 15.4 Å². The molecule has 0 rings (SSSR count). The summed E-state index contributed by atoms with van der Waals surface area (Å²) in [6.07, 6.45) is -0.537. The largest absolute Gasteiger partial charge is 0.480 e. The number of amides is 2. The highest BCUT2D eigenvalue weighted by molar-refractivity contribution is 7.86. The van der Waals surface area contributed by atoms with E-state index in [0.717, 1.165) is 0 Å². The van der Waals surface area contributed by atoms with Crippen LogP contribution < -0.4 is 11.1 Å². The van der Waals surface area contributed by atoms with Crippen LogP contribution in [0.1, 0.15) is 12.8 Å². The number of carbonyl (C=O) groups is 3. The molecule has 0 aromatic heterocycles. The number of carboxylic acids is 1. The van der Waals surface area contributed by atoms with E-state index in [9.17, 15) is 22.8 Å². The van der Waals surface area contributed by atoms with E-state index in [1.807, 2.05) is 5.32 Å². The van der Waals surface area contributed by atoms with E-state index < -0.39 is 39.7 Å². The maximum absolute atomic E-state index is 11.0. The minimum Gasteiger partial charge on any atom is -0.480 e. The molecule has 9 nitrogen and oxygen atoms in total. The second-order valence-electron chi connectivity index (χ2n) is 3.19. The molecule has 98 valence electrons. The molecule has 0 radical (unpaired) electrons. The lowest BCUT2D eigenvalue weighted by atomic mass is 10.1. The SMILES string of the molecule is NC(=O)CC[C@H](NC(=O)CS(=O)(=O)O)C(=O)O. The molecular formula is C7H12N2O7S. The second kappa shape index (κ2) is 6.15. The Balaban J connectivity index is 4.40. The van der Waals surface area contributed by atoms with Gasteiger partial charge in [0.2, 0.25) is 11.8 Å². The fraction of sp³-hybridized carbons (Fsp3) is 0.571. The van der Waals surface area contributed by atoms with Gasteiger partial charge in [-0.2, -0.15) is 8.42 Å². The van der Waals surface area contributed by atoms with Crippen LogP contribution in [0.4, 0.5) is 0 Å². The normalized spacial score (nSPS) is 12.8. The van der Waals surface area contributed by atoms with E-state index >= 15 is 0 Å². The highest BCUT2D eigenvalue weighted by atomic mass is 32.2. The fourth-order valence-electron chi connectivity index (χ4n) is 0.946. The Labute approximate surface area is 96.7 Å². The lowest BCUT2D eigenvalue weighted by molar-refractivity contribution is -0.141. The van der Waals surface area contributed by atoms with Gasteiger partial charge < -0.3 is 16.2 Å². The van der Waals surface area contributed by atoms with Crippen LogP contribution in [0.3, 0.4) is 0 Å². The van der Waals surface area contributed by atoms with E-state index in [1.165, 1.54) is 0 Å². The van der Waals surface area contributed by atoms with Crippen LogP contribution in [0, 0.1) is 0 Å². The molecule has 0 saturated carbocycles. The van der Waals surface area contributed by atoms with Crippen LogP contribution in [0.15, 0.2) is 0 Å². The Morgan fingerprint density at radius 2 is 1.82 bits per heavy atom. The molecule has 0 unspecified atom stereocenters. The van der Waals surface area contributed by atoms with Gasteiger partial charge in [-0.3, -0.25) is 14.1 Å². The molecule has 2 amide bonds. The van der Waals surface area contributed by atoms with E-state index in [0.29, 0.717) is 0 Å². The summed E-state index contributed by atoms with van der Waals surface area (Å²) in [5.74, 6) is -4.60. The molecule has 5 N–H and O–H groups in total. The summed E-state index contributed by atoms with van der Waals surface area (Å²) in [5.41, 5.74) is 4.79. The van der Waals surface area contributed by atoms with Crippen LogP contribution in [-0.4, -0.2) is 47.7 Å². The molecule has 10 heteroatoms. The third-order valence-corrected chi connectivity index (χ3v) is 2.25. The average Bonchev–Trinajstić information content (AvgIpc) is 2.08. The molecule has 0 saturated heterocycles. The number of carbonyl (C=O) groups excluding carboxylic acids is 2. The number of primary amides is 1. The molecule has 0 aliphatic rings. The first-order chi connectivity index (χ1) is 7.61. The molecule has 0 aliphatic carbocycles. The highest BCUT2D eigenvalue weighted by Crippen LogP contribution is 1.98. The quantitative estimate of drug-likeness (QED) is 0.377. The van der Waals surface area contributed by atoms with Crippen molar-refractivity contribution in [3.8, 4) is 0 Å². The summed E-state index contributed by atoms with van der Waals surface area (Å²) in [6.45, 7) is 0. The fourth-order valence-corrected chi connectivity index (χ4v) is 1.36. The zero-order chi connectivity index (χ0) is 13.6. The lowest BCUT2D eigenvalue weighted by Crippen LogP contribution is -2.43. The van der Waals surface area contributed by atoms with Crippen molar-refractivity contribution in [3.63, 3.8) is 0 Å². The number of nitrogens with two attached hydrogens (primary N) is 1. The standard InChI is InChI=1S/C7H12N2O7S/c8-5(10)2-1-4(7(12)13)9-6(11)3-17(14,15)16/h4H,1-3H2,(H2,8,10)(H,9,11)(H,12,13)(H,14,15,16)/t4-/m0/s1. The van der Waals surface area contributed by atoms with Gasteiger partial charge in [0.15, 0.2) is 5.75 Å². The van der Waals surface area contributed by atoms with Crippen molar-refractivity contribution >= 4 is 27.9 Å². The maximum atomic E-state index is 11.0. The van der Waals surface area contributed by atoms with Gasteiger partial charge in [-0.25, -0.2) is 4.79 Å². The topological polar surface area (TPSA) is 164 Å². The summed E-state index contributed by atoms with van der Waals surface area (Å²) in [6, 6.07) is -1.43. The van der Waals surface area contributed by atoms with Crippen molar-refractivity contribution in [2.75, 3.05) is 5.75 Å². The minimum absolute atomic E-state index is 0.262. The Morgan fingerprint density at radius 3 is 2.18 bits per heavy atom.